The van der Waals surface area contributed by atoms with E-state index in [2.05, 4.69) is 0 Å². The number of fused-ring (bicyclic) bond motifs is 2. The number of ether oxygens (including phenoxy) is 1. The lowest BCUT2D eigenvalue weighted by molar-refractivity contribution is -0.114. The lowest BCUT2D eigenvalue weighted by Crippen LogP contribution is -2.25. The van der Waals surface area contributed by atoms with Crippen LogP contribution in [0.5, 0.6) is 11.5 Å². The predicted octanol–water partition coefficient (Wildman–Crippen LogP) is 2.37. The molecule has 3 rings (SSSR count). The number of carbonyl (C=O) groups is 1. The second-order valence-corrected chi connectivity index (χ2v) is 4.44. The molecular formula is C14H12O3. The summed E-state index contributed by atoms with van der Waals surface area (Å²) in [5.41, 5.74) is 2.70. The summed E-state index contributed by atoms with van der Waals surface area (Å²) < 4.78 is 5.85. The Balaban J connectivity index is 2.13. The molecule has 3 nitrogen and oxygen atoms in total. The molecule has 1 atom stereocenters. The minimum atomic E-state index is -0.136. The third-order valence-corrected chi connectivity index (χ3v) is 3.07. The van der Waals surface area contributed by atoms with Crippen molar-refractivity contribution in [1.82, 2.24) is 0 Å². The zero-order valence-corrected chi connectivity index (χ0v) is 9.43. The van der Waals surface area contributed by atoms with Crippen LogP contribution in [0.2, 0.25) is 0 Å². The summed E-state index contributed by atoms with van der Waals surface area (Å²) in [6.07, 6.45) is 5.56. The SMILES string of the molecule is Cc1cc(O)cc2c1OC1C=CC(=O)CC1=C2. The first kappa shape index (κ1) is 10.1. The van der Waals surface area contributed by atoms with Gasteiger partial charge in [-0.3, -0.25) is 4.79 Å². The van der Waals surface area contributed by atoms with Crippen molar-refractivity contribution in [3.8, 4) is 11.5 Å². The molecule has 1 N–H and O–H groups in total. The highest BCUT2D eigenvalue weighted by molar-refractivity contribution is 5.94. The molecule has 0 aromatic heterocycles. The largest absolute Gasteiger partial charge is 0.508 e. The van der Waals surface area contributed by atoms with Crippen molar-refractivity contribution in [2.75, 3.05) is 0 Å². The maximum absolute atomic E-state index is 11.3. The minimum absolute atomic E-state index is 0.0939. The third-order valence-electron chi connectivity index (χ3n) is 3.07. The smallest absolute Gasteiger partial charge is 0.159 e. The van der Waals surface area contributed by atoms with Gasteiger partial charge in [0.2, 0.25) is 0 Å². The molecule has 2 aliphatic rings. The van der Waals surface area contributed by atoms with Crippen molar-refractivity contribution >= 4 is 11.9 Å². The molecule has 1 aromatic carbocycles. The van der Waals surface area contributed by atoms with Gasteiger partial charge in [0, 0.05) is 12.0 Å². The van der Waals surface area contributed by atoms with Gasteiger partial charge in [-0.15, -0.1) is 0 Å². The normalized spacial score (nSPS) is 21.4. The molecule has 0 amide bonds. The molecular weight excluding hydrogens is 216 g/mol. The third kappa shape index (κ3) is 1.64. The lowest BCUT2D eigenvalue weighted by Gasteiger charge is -2.28. The summed E-state index contributed by atoms with van der Waals surface area (Å²) in [7, 11) is 0. The molecule has 0 spiro atoms. The van der Waals surface area contributed by atoms with Crippen LogP contribution < -0.4 is 4.74 Å². The molecule has 3 heteroatoms. The van der Waals surface area contributed by atoms with E-state index in [0.29, 0.717) is 6.42 Å². The minimum Gasteiger partial charge on any atom is -0.508 e. The van der Waals surface area contributed by atoms with Crippen molar-refractivity contribution in [3.05, 3.63) is 41.0 Å². The molecule has 1 aromatic rings. The maximum Gasteiger partial charge on any atom is 0.159 e. The van der Waals surface area contributed by atoms with Crippen molar-refractivity contribution < 1.29 is 14.6 Å². The number of benzene rings is 1. The van der Waals surface area contributed by atoms with Gasteiger partial charge in [-0.25, -0.2) is 0 Å². The topological polar surface area (TPSA) is 46.5 Å². The monoisotopic (exact) mass is 228 g/mol. The highest BCUT2D eigenvalue weighted by atomic mass is 16.5. The van der Waals surface area contributed by atoms with Crippen LogP contribution in [0.1, 0.15) is 17.5 Å². The molecule has 1 unspecified atom stereocenters. The molecule has 1 aliphatic carbocycles. The van der Waals surface area contributed by atoms with Gasteiger partial charge >= 0.3 is 0 Å². The summed E-state index contributed by atoms with van der Waals surface area (Å²) in [5, 5.41) is 9.55. The van der Waals surface area contributed by atoms with Gasteiger partial charge in [-0.1, -0.05) is 0 Å². The van der Waals surface area contributed by atoms with Crippen LogP contribution >= 0.6 is 0 Å². The van der Waals surface area contributed by atoms with E-state index in [1.54, 1.807) is 24.3 Å². The molecule has 0 saturated carbocycles. The summed E-state index contributed by atoms with van der Waals surface area (Å²) in [6, 6.07) is 3.34. The zero-order valence-electron chi connectivity index (χ0n) is 9.43. The highest BCUT2D eigenvalue weighted by Crippen LogP contribution is 2.37. The molecule has 1 heterocycles. The number of allylic oxidation sites excluding steroid dienone is 1. The number of carbonyl (C=O) groups excluding carboxylic acids is 1. The molecule has 0 fully saturated rings. The van der Waals surface area contributed by atoms with Crippen LogP contribution in [0.25, 0.3) is 6.08 Å². The Labute approximate surface area is 99.0 Å². The Morgan fingerprint density at radius 2 is 2.24 bits per heavy atom. The molecule has 1 aliphatic heterocycles. The first-order valence-electron chi connectivity index (χ1n) is 5.55. The van der Waals surface area contributed by atoms with E-state index in [4.69, 9.17) is 4.74 Å². The Kier molecular flexibility index (Phi) is 2.08. The van der Waals surface area contributed by atoms with E-state index in [1.807, 2.05) is 13.0 Å². The van der Waals surface area contributed by atoms with Crippen molar-refractivity contribution in [2.24, 2.45) is 0 Å². The first-order valence-corrected chi connectivity index (χ1v) is 5.55. The number of hydrogen-bond donors (Lipinski definition) is 1. The summed E-state index contributed by atoms with van der Waals surface area (Å²) >= 11 is 0. The zero-order chi connectivity index (χ0) is 12.0. The van der Waals surface area contributed by atoms with E-state index >= 15 is 0 Å². The van der Waals surface area contributed by atoms with Crippen LogP contribution in [0.15, 0.2) is 29.9 Å². The fraction of sp³-hybridized carbons (Fsp3) is 0.214. The molecule has 0 saturated heterocycles. The Morgan fingerprint density at radius 1 is 1.41 bits per heavy atom. The Morgan fingerprint density at radius 3 is 3.06 bits per heavy atom. The van der Waals surface area contributed by atoms with Gasteiger partial charge in [-0.2, -0.15) is 0 Å². The second kappa shape index (κ2) is 3.48. The second-order valence-electron chi connectivity index (χ2n) is 4.44. The van der Waals surface area contributed by atoms with Crippen LogP contribution in [0.3, 0.4) is 0 Å². The molecule has 0 radical (unpaired) electrons. The molecule has 86 valence electrons. The number of phenols is 1. The maximum atomic E-state index is 11.3. The van der Waals surface area contributed by atoms with E-state index in [1.165, 1.54) is 0 Å². The van der Waals surface area contributed by atoms with E-state index in [-0.39, 0.29) is 17.6 Å². The highest BCUT2D eigenvalue weighted by Gasteiger charge is 2.26. The number of hydrogen-bond acceptors (Lipinski definition) is 3. The summed E-state index contributed by atoms with van der Waals surface area (Å²) in [4.78, 5) is 11.3. The lowest BCUT2D eigenvalue weighted by atomic mass is 9.92. The van der Waals surface area contributed by atoms with Crippen molar-refractivity contribution in [2.45, 2.75) is 19.4 Å². The van der Waals surface area contributed by atoms with Gasteiger partial charge < -0.3 is 9.84 Å². The van der Waals surface area contributed by atoms with Gasteiger partial charge in [0.15, 0.2) is 5.78 Å². The van der Waals surface area contributed by atoms with Crippen LogP contribution in [-0.2, 0) is 4.79 Å². The first-order chi connectivity index (χ1) is 8.13. The standard InChI is InChI=1S/C14H12O3/c1-8-4-12(16)7-10-5-9-6-11(15)2-3-13(9)17-14(8)10/h2-5,7,13,16H,6H2,1H3. The van der Waals surface area contributed by atoms with Gasteiger partial charge in [-0.05, 0) is 48.4 Å². The van der Waals surface area contributed by atoms with E-state index in [0.717, 1.165) is 22.4 Å². The molecule has 17 heavy (non-hydrogen) atoms. The Hall–Kier alpha value is -2.03. The van der Waals surface area contributed by atoms with E-state index in [9.17, 15) is 9.90 Å². The number of rotatable bonds is 0. The average molecular weight is 228 g/mol. The fourth-order valence-corrected chi connectivity index (χ4v) is 2.30. The van der Waals surface area contributed by atoms with Gasteiger partial charge in [0.1, 0.15) is 17.6 Å². The van der Waals surface area contributed by atoms with Gasteiger partial charge in [0.25, 0.3) is 0 Å². The van der Waals surface area contributed by atoms with Crippen LogP contribution in [-0.4, -0.2) is 17.0 Å². The predicted molar refractivity (Wildman–Crippen MR) is 64.0 cm³/mol. The van der Waals surface area contributed by atoms with E-state index < -0.39 is 0 Å². The summed E-state index contributed by atoms with van der Waals surface area (Å²) in [5.74, 6) is 1.10. The van der Waals surface area contributed by atoms with Crippen LogP contribution in [0, 0.1) is 6.92 Å². The number of aryl methyl sites for hydroxylation is 1. The fourth-order valence-electron chi connectivity index (χ4n) is 2.30. The molecule has 0 bridgehead atoms. The quantitative estimate of drug-likeness (QED) is 0.741. The number of aromatic hydroxyl groups is 1. The number of ketones is 1. The van der Waals surface area contributed by atoms with Crippen molar-refractivity contribution in [3.63, 3.8) is 0 Å². The Bertz CT molecular complexity index is 567. The van der Waals surface area contributed by atoms with Crippen LogP contribution in [0.4, 0.5) is 0 Å². The number of phenolic OH excluding ortho intramolecular Hbond substituents is 1. The van der Waals surface area contributed by atoms with Gasteiger partial charge in [0.05, 0.1) is 0 Å². The summed E-state index contributed by atoms with van der Waals surface area (Å²) in [6.45, 7) is 1.90. The van der Waals surface area contributed by atoms with Crippen molar-refractivity contribution in [1.29, 1.82) is 0 Å². The average Bonchev–Trinajstić information content (AvgIpc) is 2.26.